The predicted octanol–water partition coefficient (Wildman–Crippen LogP) is 1.23. The molecule has 1 unspecified atom stereocenters. The summed E-state index contributed by atoms with van der Waals surface area (Å²) < 4.78 is 10.8. The number of hydrogen-bond donors (Lipinski definition) is 2. The van der Waals surface area contributed by atoms with Crippen molar-refractivity contribution in [1.29, 1.82) is 0 Å². The number of carbonyl (C=O) groups is 1. The molecule has 1 atom stereocenters. The number of carbonyl (C=O) groups excluding carboxylic acids is 1. The predicted molar refractivity (Wildman–Crippen MR) is 78.6 cm³/mol. The summed E-state index contributed by atoms with van der Waals surface area (Å²) in [6.07, 6.45) is 0. The summed E-state index contributed by atoms with van der Waals surface area (Å²) in [5.74, 6) is 0.174. The number of hydrogen-bond acceptors (Lipinski definition) is 4. The minimum absolute atomic E-state index is 0.297. The number of para-hydroxylation sites is 1. The molecule has 0 radical (unpaired) electrons. The third-order valence-corrected chi connectivity index (χ3v) is 3.06. The Morgan fingerprint density at radius 1 is 1.45 bits per heavy atom. The Labute approximate surface area is 120 Å². The zero-order chi connectivity index (χ0) is 15.0. The molecule has 20 heavy (non-hydrogen) atoms. The van der Waals surface area contributed by atoms with Crippen LogP contribution < -0.4 is 15.8 Å². The maximum Gasteiger partial charge on any atom is 0.223 e. The highest BCUT2D eigenvalue weighted by Crippen LogP contribution is 2.23. The fourth-order valence-corrected chi connectivity index (χ4v) is 1.75. The Hall–Kier alpha value is -1.59. The van der Waals surface area contributed by atoms with Gasteiger partial charge in [-0.3, -0.25) is 4.79 Å². The fraction of sp³-hybridized carbons (Fsp3) is 0.533. The first kappa shape index (κ1) is 16.5. The average Bonchev–Trinajstić information content (AvgIpc) is 2.42. The standard InChI is InChI=1S/C15H24N2O3/c1-11-5-4-6-13(9-17-7-8-19-3)14(11)20-10-12(2)15(16)18/h4-6,12,17H,7-10H2,1-3H3,(H2,16,18). The number of benzene rings is 1. The molecule has 0 aliphatic carbocycles. The van der Waals surface area contributed by atoms with Gasteiger partial charge in [-0.05, 0) is 12.5 Å². The molecule has 1 aromatic carbocycles. The van der Waals surface area contributed by atoms with E-state index in [1.165, 1.54) is 0 Å². The molecule has 0 bridgehead atoms. The molecule has 0 saturated carbocycles. The highest BCUT2D eigenvalue weighted by molar-refractivity contribution is 5.76. The molecule has 5 heteroatoms. The van der Waals surface area contributed by atoms with Crippen LogP contribution in [0.1, 0.15) is 18.1 Å². The number of methoxy groups -OCH3 is 1. The van der Waals surface area contributed by atoms with Gasteiger partial charge in [-0.25, -0.2) is 0 Å². The maximum atomic E-state index is 11.1. The minimum Gasteiger partial charge on any atom is -0.492 e. The van der Waals surface area contributed by atoms with Gasteiger partial charge in [-0.15, -0.1) is 0 Å². The van der Waals surface area contributed by atoms with Gasteiger partial charge < -0.3 is 20.5 Å². The second-order valence-electron chi connectivity index (χ2n) is 4.85. The molecule has 0 saturated heterocycles. The quantitative estimate of drug-likeness (QED) is 0.667. The molecule has 5 nitrogen and oxygen atoms in total. The van der Waals surface area contributed by atoms with Crippen LogP contribution in [0, 0.1) is 12.8 Å². The van der Waals surface area contributed by atoms with Crippen LogP contribution >= 0.6 is 0 Å². The molecule has 1 aromatic rings. The number of nitrogens with one attached hydrogen (secondary N) is 1. The summed E-state index contributed by atoms with van der Waals surface area (Å²) in [4.78, 5) is 11.1. The van der Waals surface area contributed by atoms with Gasteiger partial charge in [0.1, 0.15) is 5.75 Å². The van der Waals surface area contributed by atoms with E-state index in [-0.39, 0.29) is 11.8 Å². The van der Waals surface area contributed by atoms with Gasteiger partial charge >= 0.3 is 0 Å². The van der Waals surface area contributed by atoms with E-state index in [0.717, 1.165) is 23.4 Å². The molecule has 3 N–H and O–H groups in total. The zero-order valence-corrected chi connectivity index (χ0v) is 12.4. The summed E-state index contributed by atoms with van der Waals surface area (Å²) in [5, 5.41) is 3.28. The first-order valence-electron chi connectivity index (χ1n) is 6.76. The number of ether oxygens (including phenoxy) is 2. The molecule has 0 aliphatic heterocycles. The van der Waals surface area contributed by atoms with Crippen LogP contribution in [0.2, 0.25) is 0 Å². The Bertz CT molecular complexity index is 435. The van der Waals surface area contributed by atoms with E-state index in [0.29, 0.717) is 19.8 Å². The minimum atomic E-state index is -0.349. The normalized spacial score (nSPS) is 12.2. The Morgan fingerprint density at radius 3 is 2.85 bits per heavy atom. The molecule has 0 heterocycles. The first-order chi connectivity index (χ1) is 9.56. The molecular weight excluding hydrogens is 256 g/mol. The van der Waals surface area contributed by atoms with E-state index >= 15 is 0 Å². The molecule has 0 spiro atoms. The van der Waals surface area contributed by atoms with Gasteiger partial charge in [0.2, 0.25) is 5.91 Å². The third-order valence-electron chi connectivity index (χ3n) is 3.06. The molecule has 112 valence electrons. The maximum absolute atomic E-state index is 11.1. The van der Waals surface area contributed by atoms with Gasteiger partial charge in [-0.2, -0.15) is 0 Å². The third kappa shape index (κ3) is 5.19. The van der Waals surface area contributed by atoms with E-state index in [9.17, 15) is 4.79 Å². The van der Waals surface area contributed by atoms with Crippen LogP contribution in [0.5, 0.6) is 5.75 Å². The summed E-state index contributed by atoms with van der Waals surface area (Å²) in [5.41, 5.74) is 7.36. The largest absolute Gasteiger partial charge is 0.492 e. The molecule has 0 aromatic heterocycles. The van der Waals surface area contributed by atoms with E-state index in [1.807, 2.05) is 25.1 Å². The van der Waals surface area contributed by atoms with Crippen molar-refractivity contribution < 1.29 is 14.3 Å². The summed E-state index contributed by atoms with van der Waals surface area (Å²) >= 11 is 0. The topological polar surface area (TPSA) is 73.6 Å². The van der Waals surface area contributed by atoms with Gasteiger partial charge in [0.25, 0.3) is 0 Å². The van der Waals surface area contributed by atoms with E-state index in [2.05, 4.69) is 5.32 Å². The Balaban J connectivity index is 2.65. The van der Waals surface area contributed by atoms with E-state index < -0.39 is 0 Å². The molecule has 1 rings (SSSR count). The second-order valence-corrected chi connectivity index (χ2v) is 4.85. The fourth-order valence-electron chi connectivity index (χ4n) is 1.75. The summed E-state index contributed by atoms with van der Waals surface area (Å²) in [6.45, 7) is 6.19. The Kier molecular flexibility index (Phi) is 7.04. The first-order valence-corrected chi connectivity index (χ1v) is 6.76. The summed E-state index contributed by atoms with van der Waals surface area (Å²) in [7, 11) is 1.67. The van der Waals surface area contributed by atoms with Crippen molar-refractivity contribution in [3.8, 4) is 5.75 Å². The number of aryl methyl sites for hydroxylation is 1. The van der Waals surface area contributed by atoms with Crippen molar-refractivity contribution in [2.75, 3.05) is 26.9 Å². The lowest BCUT2D eigenvalue weighted by Crippen LogP contribution is -2.26. The number of rotatable bonds is 9. The number of nitrogens with two attached hydrogens (primary N) is 1. The molecular formula is C15H24N2O3. The highest BCUT2D eigenvalue weighted by Gasteiger charge is 2.12. The molecule has 0 fully saturated rings. The smallest absolute Gasteiger partial charge is 0.223 e. The van der Waals surface area contributed by atoms with E-state index in [1.54, 1.807) is 14.0 Å². The monoisotopic (exact) mass is 280 g/mol. The van der Waals surface area contributed by atoms with Gasteiger partial charge in [0, 0.05) is 25.8 Å². The molecule has 0 aliphatic rings. The lowest BCUT2D eigenvalue weighted by atomic mass is 10.1. The van der Waals surface area contributed by atoms with E-state index in [4.69, 9.17) is 15.2 Å². The van der Waals surface area contributed by atoms with Crippen LogP contribution in [0.25, 0.3) is 0 Å². The SMILES string of the molecule is COCCNCc1cccc(C)c1OCC(C)C(N)=O. The van der Waals surface area contributed by atoms with Crippen molar-refractivity contribution in [2.45, 2.75) is 20.4 Å². The zero-order valence-electron chi connectivity index (χ0n) is 12.4. The second kappa shape index (κ2) is 8.55. The van der Waals surface area contributed by atoms with Crippen LogP contribution in [0.15, 0.2) is 18.2 Å². The van der Waals surface area contributed by atoms with Crippen LogP contribution in [0.3, 0.4) is 0 Å². The Morgan fingerprint density at radius 2 is 2.20 bits per heavy atom. The highest BCUT2D eigenvalue weighted by atomic mass is 16.5. The lowest BCUT2D eigenvalue weighted by Gasteiger charge is -2.16. The van der Waals surface area contributed by atoms with Crippen molar-refractivity contribution in [3.05, 3.63) is 29.3 Å². The van der Waals surface area contributed by atoms with Crippen molar-refractivity contribution in [2.24, 2.45) is 11.7 Å². The van der Waals surface area contributed by atoms with Gasteiger partial charge in [0.15, 0.2) is 0 Å². The average molecular weight is 280 g/mol. The molecule has 1 amide bonds. The number of primary amides is 1. The van der Waals surface area contributed by atoms with Crippen LogP contribution in [-0.4, -0.2) is 32.8 Å². The summed E-state index contributed by atoms with van der Waals surface area (Å²) in [6, 6.07) is 5.99. The van der Waals surface area contributed by atoms with Crippen LogP contribution in [0.4, 0.5) is 0 Å². The van der Waals surface area contributed by atoms with Crippen molar-refractivity contribution in [1.82, 2.24) is 5.32 Å². The lowest BCUT2D eigenvalue weighted by molar-refractivity contribution is -0.122. The van der Waals surface area contributed by atoms with Gasteiger partial charge in [0.05, 0.1) is 19.1 Å². The van der Waals surface area contributed by atoms with Crippen molar-refractivity contribution in [3.63, 3.8) is 0 Å². The van der Waals surface area contributed by atoms with Crippen LogP contribution in [-0.2, 0) is 16.1 Å². The number of amides is 1. The van der Waals surface area contributed by atoms with Crippen molar-refractivity contribution >= 4 is 5.91 Å². The van der Waals surface area contributed by atoms with Gasteiger partial charge in [-0.1, -0.05) is 25.1 Å².